The fourth-order valence-electron chi connectivity index (χ4n) is 3.76. The average Bonchev–Trinajstić information content (AvgIpc) is 3.34. The number of hydrogen-bond donors (Lipinski definition) is 6. The van der Waals surface area contributed by atoms with Gasteiger partial charge in [-0.25, -0.2) is 18.5 Å². The van der Waals surface area contributed by atoms with Gasteiger partial charge in [0, 0.05) is 17.7 Å². The van der Waals surface area contributed by atoms with E-state index in [1.54, 1.807) is 24.3 Å². The number of fused-ring (bicyclic) bond motifs is 1. The smallest absolute Gasteiger partial charge is 0.240 e. The minimum atomic E-state index is -4.35. The highest BCUT2D eigenvalue weighted by Crippen LogP contribution is 2.36. The zero-order valence-corrected chi connectivity index (χ0v) is 17.4. The summed E-state index contributed by atoms with van der Waals surface area (Å²) in [7, 11) is -6.00. The normalized spacial score (nSPS) is 18.0. The number of benzene rings is 2. The Balaban J connectivity index is 2.04. The Labute approximate surface area is 175 Å². The van der Waals surface area contributed by atoms with Gasteiger partial charge in [0.15, 0.2) is 5.95 Å². The second-order valence-electron chi connectivity index (χ2n) is 7.01. The van der Waals surface area contributed by atoms with Crippen molar-refractivity contribution in [2.75, 3.05) is 18.8 Å². The molecule has 0 bridgehead atoms. The number of primary sulfonamides is 1. The zero-order chi connectivity index (χ0) is 21.6. The molecule has 0 amide bonds. The SMILES string of the molecule is N=C(N)c1c(-c2cccc3[nH]c(N)nc23)ccc(S(=O)C2CCNC2)c1S(N)(=O)=O. The molecular formula is C18H21N7O3S2. The highest BCUT2D eigenvalue weighted by atomic mass is 32.2. The molecule has 0 spiro atoms. The van der Waals surface area contributed by atoms with Crippen LogP contribution in [0.2, 0.25) is 0 Å². The van der Waals surface area contributed by atoms with E-state index in [1.165, 1.54) is 6.07 Å². The summed E-state index contributed by atoms with van der Waals surface area (Å²) < 4.78 is 38.3. The summed E-state index contributed by atoms with van der Waals surface area (Å²) in [5.74, 6) is -0.308. The summed E-state index contributed by atoms with van der Waals surface area (Å²) in [6, 6.07) is 8.30. The molecule has 1 saturated heterocycles. The molecule has 4 rings (SSSR count). The van der Waals surface area contributed by atoms with E-state index >= 15 is 0 Å². The van der Waals surface area contributed by atoms with Gasteiger partial charge in [-0.3, -0.25) is 9.62 Å². The lowest BCUT2D eigenvalue weighted by Crippen LogP contribution is -2.26. The van der Waals surface area contributed by atoms with Crippen LogP contribution < -0.4 is 21.9 Å². The number of rotatable bonds is 5. The van der Waals surface area contributed by atoms with Crippen LogP contribution in [0.5, 0.6) is 0 Å². The number of hydrogen-bond acceptors (Lipinski definition) is 7. The van der Waals surface area contributed by atoms with Crippen molar-refractivity contribution < 1.29 is 12.6 Å². The summed E-state index contributed by atoms with van der Waals surface area (Å²) in [5.41, 5.74) is 13.5. The van der Waals surface area contributed by atoms with E-state index in [0.717, 1.165) is 0 Å². The lowest BCUT2D eigenvalue weighted by molar-refractivity contribution is 0.594. The topological polar surface area (TPSA) is 194 Å². The second-order valence-corrected chi connectivity index (χ2v) is 10.2. The van der Waals surface area contributed by atoms with Gasteiger partial charge in [-0.1, -0.05) is 18.2 Å². The molecule has 1 aromatic heterocycles. The van der Waals surface area contributed by atoms with Crippen LogP contribution in [0.15, 0.2) is 40.1 Å². The van der Waals surface area contributed by atoms with E-state index in [2.05, 4.69) is 15.3 Å². The molecule has 0 radical (unpaired) electrons. The predicted octanol–water partition coefficient (Wildman–Crippen LogP) is 0.213. The number of nitrogens with two attached hydrogens (primary N) is 3. The lowest BCUT2D eigenvalue weighted by atomic mass is 9.97. The van der Waals surface area contributed by atoms with Crippen LogP contribution in [0.25, 0.3) is 22.2 Å². The van der Waals surface area contributed by atoms with Crippen LogP contribution in [0.1, 0.15) is 12.0 Å². The molecule has 0 aliphatic carbocycles. The van der Waals surface area contributed by atoms with Crippen molar-refractivity contribution in [3.05, 3.63) is 35.9 Å². The largest absolute Gasteiger partial charge is 0.384 e. The number of nitrogens with one attached hydrogen (secondary N) is 3. The third-order valence-corrected chi connectivity index (χ3v) is 7.94. The fraction of sp³-hybridized carbons (Fsp3) is 0.222. The van der Waals surface area contributed by atoms with Crippen LogP contribution in [0.4, 0.5) is 5.95 Å². The molecule has 10 nitrogen and oxygen atoms in total. The van der Waals surface area contributed by atoms with Gasteiger partial charge in [0.1, 0.15) is 10.7 Å². The first-order valence-corrected chi connectivity index (χ1v) is 11.8. The van der Waals surface area contributed by atoms with E-state index in [4.69, 9.17) is 22.0 Å². The first-order chi connectivity index (χ1) is 14.2. The van der Waals surface area contributed by atoms with E-state index in [-0.39, 0.29) is 21.7 Å². The Hall–Kier alpha value is -2.80. The molecule has 1 aliphatic rings. The molecule has 3 aromatic rings. The van der Waals surface area contributed by atoms with Gasteiger partial charge in [0.05, 0.1) is 32.0 Å². The number of para-hydroxylation sites is 1. The minimum absolute atomic E-state index is 0.0499. The lowest BCUT2D eigenvalue weighted by Gasteiger charge is -2.18. The fourth-order valence-corrected chi connectivity index (χ4v) is 6.65. The first-order valence-electron chi connectivity index (χ1n) is 9.08. The van der Waals surface area contributed by atoms with Crippen molar-refractivity contribution in [2.45, 2.75) is 21.5 Å². The maximum absolute atomic E-state index is 13.2. The Morgan fingerprint density at radius 1 is 1.23 bits per heavy atom. The molecule has 2 unspecified atom stereocenters. The molecule has 2 aromatic carbocycles. The van der Waals surface area contributed by atoms with E-state index in [0.29, 0.717) is 41.7 Å². The van der Waals surface area contributed by atoms with Crippen molar-refractivity contribution in [3.63, 3.8) is 0 Å². The predicted molar refractivity (Wildman–Crippen MR) is 116 cm³/mol. The van der Waals surface area contributed by atoms with Crippen molar-refractivity contribution in [2.24, 2.45) is 10.9 Å². The number of amidine groups is 1. The number of aromatic nitrogens is 2. The average molecular weight is 448 g/mol. The van der Waals surface area contributed by atoms with Crippen LogP contribution in [0.3, 0.4) is 0 Å². The Morgan fingerprint density at radius 2 is 2.00 bits per heavy atom. The van der Waals surface area contributed by atoms with Gasteiger partial charge in [-0.15, -0.1) is 0 Å². The van der Waals surface area contributed by atoms with Gasteiger partial charge in [-0.05, 0) is 30.7 Å². The third kappa shape index (κ3) is 3.47. The van der Waals surface area contributed by atoms with Gasteiger partial charge >= 0.3 is 0 Å². The summed E-state index contributed by atoms with van der Waals surface area (Å²) in [6.07, 6.45) is 0.639. The number of sulfonamides is 1. The van der Waals surface area contributed by atoms with Crippen LogP contribution in [-0.4, -0.2) is 46.8 Å². The summed E-state index contributed by atoms with van der Waals surface area (Å²) in [5, 5.41) is 16.5. The van der Waals surface area contributed by atoms with Gasteiger partial charge < -0.3 is 21.8 Å². The molecule has 30 heavy (non-hydrogen) atoms. The third-order valence-electron chi connectivity index (χ3n) is 5.03. The van der Waals surface area contributed by atoms with Crippen molar-refractivity contribution >= 4 is 43.6 Å². The second kappa shape index (κ2) is 7.47. The first kappa shape index (κ1) is 20.5. The highest BCUT2D eigenvalue weighted by Gasteiger charge is 2.31. The Bertz CT molecular complexity index is 1290. The molecular weight excluding hydrogens is 426 g/mol. The quantitative estimate of drug-likeness (QED) is 0.237. The molecule has 2 heterocycles. The van der Waals surface area contributed by atoms with Crippen molar-refractivity contribution in [1.29, 1.82) is 5.41 Å². The molecule has 0 saturated carbocycles. The maximum Gasteiger partial charge on any atom is 0.240 e. The Morgan fingerprint density at radius 3 is 2.63 bits per heavy atom. The van der Waals surface area contributed by atoms with Gasteiger partial charge in [0.2, 0.25) is 10.0 Å². The van der Waals surface area contributed by atoms with Gasteiger partial charge in [-0.2, -0.15) is 0 Å². The van der Waals surface area contributed by atoms with Crippen LogP contribution in [-0.2, 0) is 20.8 Å². The number of imidazole rings is 1. The van der Waals surface area contributed by atoms with Crippen molar-refractivity contribution in [1.82, 2.24) is 15.3 Å². The molecule has 1 aliphatic heterocycles. The standard InChI is InChI=1S/C18H21N7O3S2/c19-17(20)14-10(11-2-1-3-12-15(11)25-18(21)24-12)4-5-13(16(14)30(22,27)28)29(26)9-6-7-23-8-9/h1-5,9,23H,6-8H2,(H3,19,20)(H3,21,24,25)(H2,22,27,28). The van der Waals surface area contributed by atoms with Crippen molar-refractivity contribution in [3.8, 4) is 11.1 Å². The van der Waals surface area contributed by atoms with Crippen LogP contribution >= 0.6 is 0 Å². The summed E-state index contributed by atoms with van der Waals surface area (Å²) in [6.45, 7) is 1.20. The number of H-pyrrole nitrogens is 1. The number of nitrogen functional groups attached to an aromatic ring is 2. The maximum atomic E-state index is 13.2. The molecule has 12 heteroatoms. The van der Waals surface area contributed by atoms with E-state index in [9.17, 15) is 12.6 Å². The Kier molecular flexibility index (Phi) is 5.10. The molecule has 1 fully saturated rings. The van der Waals surface area contributed by atoms with Crippen LogP contribution in [0, 0.1) is 5.41 Å². The number of aromatic amines is 1. The monoisotopic (exact) mass is 447 g/mol. The molecule has 9 N–H and O–H groups in total. The summed E-state index contributed by atoms with van der Waals surface area (Å²) >= 11 is 0. The van der Waals surface area contributed by atoms with E-state index < -0.39 is 31.6 Å². The molecule has 2 atom stereocenters. The minimum Gasteiger partial charge on any atom is -0.384 e. The summed E-state index contributed by atoms with van der Waals surface area (Å²) in [4.78, 5) is 6.84. The number of nitrogens with zero attached hydrogens (tertiary/aromatic N) is 1. The van der Waals surface area contributed by atoms with E-state index in [1.807, 2.05) is 0 Å². The van der Waals surface area contributed by atoms with Gasteiger partial charge in [0.25, 0.3) is 0 Å². The highest BCUT2D eigenvalue weighted by molar-refractivity contribution is 7.91. The molecule has 158 valence electrons. The zero-order valence-electron chi connectivity index (χ0n) is 15.8. The number of anilines is 1.